The second kappa shape index (κ2) is 6.71. The van der Waals surface area contributed by atoms with Crippen LogP contribution in [-0.2, 0) is 7.05 Å². The maximum Gasteiger partial charge on any atom is 0.0862 e. The highest BCUT2D eigenvalue weighted by Gasteiger charge is 2.07. The van der Waals surface area contributed by atoms with Crippen LogP contribution in [0.4, 0.5) is 0 Å². The summed E-state index contributed by atoms with van der Waals surface area (Å²) in [6.07, 6.45) is 6.08. The third-order valence-electron chi connectivity index (χ3n) is 2.47. The third kappa shape index (κ3) is 3.65. The standard InChI is InChI=1S/C12H20ClN3/c1-4-7-14-8-5-6-10(2)12-11(13)9-15-16(12)3/h6,9,14H,4-5,7-8H2,1-3H3/b10-6-. The molecule has 0 aliphatic rings. The maximum atomic E-state index is 6.06. The van der Waals surface area contributed by atoms with Gasteiger partial charge in [0.1, 0.15) is 0 Å². The fourth-order valence-electron chi connectivity index (χ4n) is 1.64. The van der Waals surface area contributed by atoms with Crippen molar-refractivity contribution < 1.29 is 0 Å². The maximum absolute atomic E-state index is 6.06. The predicted molar refractivity (Wildman–Crippen MR) is 69.6 cm³/mol. The second-order valence-corrected chi connectivity index (χ2v) is 4.30. The van der Waals surface area contributed by atoms with Crippen LogP contribution in [0, 0.1) is 0 Å². The zero-order valence-corrected chi connectivity index (χ0v) is 11.0. The van der Waals surface area contributed by atoms with Crippen LogP contribution in [0.15, 0.2) is 12.3 Å². The number of hydrogen-bond donors (Lipinski definition) is 1. The molecule has 0 aromatic carbocycles. The molecule has 1 aromatic rings. The van der Waals surface area contributed by atoms with Gasteiger partial charge in [-0.25, -0.2) is 0 Å². The lowest BCUT2D eigenvalue weighted by atomic mass is 10.2. The van der Waals surface area contributed by atoms with E-state index in [9.17, 15) is 0 Å². The smallest absolute Gasteiger partial charge is 0.0862 e. The summed E-state index contributed by atoms with van der Waals surface area (Å²) >= 11 is 6.06. The number of aromatic nitrogens is 2. The molecule has 3 nitrogen and oxygen atoms in total. The van der Waals surface area contributed by atoms with Crippen molar-refractivity contribution in [2.24, 2.45) is 7.05 Å². The van der Waals surface area contributed by atoms with Crippen molar-refractivity contribution in [2.45, 2.75) is 26.7 Å². The molecule has 0 saturated heterocycles. The molecule has 1 rings (SSSR count). The van der Waals surface area contributed by atoms with E-state index in [1.54, 1.807) is 6.20 Å². The minimum absolute atomic E-state index is 0.720. The van der Waals surface area contributed by atoms with Crippen molar-refractivity contribution in [1.82, 2.24) is 15.1 Å². The van der Waals surface area contributed by atoms with E-state index in [0.29, 0.717) is 0 Å². The van der Waals surface area contributed by atoms with E-state index in [2.05, 4.69) is 30.3 Å². The Kier molecular flexibility index (Phi) is 5.56. The number of allylic oxidation sites excluding steroid dienone is 1. The van der Waals surface area contributed by atoms with E-state index in [4.69, 9.17) is 11.6 Å². The van der Waals surface area contributed by atoms with Crippen molar-refractivity contribution >= 4 is 17.2 Å². The highest BCUT2D eigenvalue weighted by molar-refractivity contribution is 6.32. The number of aryl methyl sites for hydroxylation is 1. The Balaban J connectivity index is 2.50. The Hall–Kier alpha value is -0.800. The van der Waals surface area contributed by atoms with Gasteiger partial charge in [-0.3, -0.25) is 4.68 Å². The summed E-state index contributed by atoms with van der Waals surface area (Å²) in [5.41, 5.74) is 2.19. The van der Waals surface area contributed by atoms with Gasteiger partial charge in [-0.1, -0.05) is 24.6 Å². The molecule has 0 atom stereocenters. The average molecular weight is 242 g/mol. The first-order valence-electron chi connectivity index (χ1n) is 5.72. The van der Waals surface area contributed by atoms with E-state index < -0.39 is 0 Å². The van der Waals surface area contributed by atoms with Crippen molar-refractivity contribution in [3.05, 3.63) is 23.0 Å². The van der Waals surface area contributed by atoms with Crippen molar-refractivity contribution in [2.75, 3.05) is 13.1 Å². The predicted octanol–water partition coefficient (Wildman–Crippen LogP) is 2.87. The van der Waals surface area contributed by atoms with Gasteiger partial charge in [0.25, 0.3) is 0 Å². The molecule has 4 heteroatoms. The highest BCUT2D eigenvalue weighted by Crippen LogP contribution is 2.22. The van der Waals surface area contributed by atoms with Crippen LogP contribution in [0.2, 0.25) is 5.02 Å². The van der Waals surface area contributed by atoms with Gasteiger partial charge in [0.2, 0.25) is 0 Å². The lowest BCUT2D eigenvalue weighted by molar-refractivity contribution is 0.678. The lowest BCUT2D eigenvalue weighted by Gasteiger charge is -2.04. The van der Waals surface area contributed by atoms with Crippen LogP contribution in [0.5, 0.6) is 0 Å². The molecule has 1 aromatic heterocycles. The lowest BCUT2D eigenvalue weighted by Crippen LogP contribution is -2.15. The van der Waals surface area contributed by atoms with Gasteiger partial charge in [-0.2, -0.15) is 5.10 Å². The van der Waals surface area contributed by atoms with Crippen LogP contribution < -0.4 is 5.32 Å². The number of halogens is 1. The molecule has 0 unspecified atom stereocenters. The van der Waals surface area contributed by atoms with Gasteiger partial charge >= 0.3 is 0 Å². The Morgan fingerprint density at radius 1 is 1.56 bits per heavy atom. The number of hydrogen-bond acceptors (Lipinski definition) is 2. The average Bonchev–Trinajstić information content (AvgIpc) is 2.58. The molecule has 1 heterocycles. The zero-order valence-electron chi connectivity index (χ0n) is 10.3. The number of nitrogens with zero attached hydrogens (tertiary/aromatic N) is 2. The molecule has 0 aliphatic heterocycles. The SMILES string of the molecule is CCCNCC/C=C(/C)c1c(Cl)cnn1C. The molecule has 16 heavy (non-hydrogen) atoms. The normalized spacial score (nSPS) is 12.1. The van der Waals surface area contributed by atoms with E-state index in [1.165, 1.54) is 12.0 Å². The molecule has 0 amide bonds. The monoisotopic (exact) mass is 241 g/mol. The highest BCUT2D eigenvalue weighted by atomic mass is 35.5. The number of rotatable bonds is 6. The zero-order chi connectivity index (χ0) is 12.0. The minimum atomic E-state index is 0.720. The van der Waals surface area contributed by atoms with Gasteiger partial charge in [-0.15, -0.1) is 0 Å². The Morgan fingerprint density at radius 2 is 2.31 bits per heavy atom. The fraction of sp³-hybridized carbons (Fsp3) is 0.583. The third-order valence-corrected chi connectivity index (χ3v) is 2.74. The van der Waals surface area contributed by atoms with E-state index in [1.807, 2.05) is 11.7 Å². The van der Waals surface area contributed by atoms with E-state index in [-0.39, 0.29) is 0 Å². The molecule has 0 fully saturated rings. The molecule has 0 spiro atoms. The summed E-state index contributed by atoms with van der Waals surface area (Å²) in [5.74, 6) is 0. The van der Waals surface area contributed by atoms with Crippen molar-refractivity contribution in [1.29, 1.82) is 0 Å². The second-order valence-electron chi connectivity index (χ2n) is 3.89. The fourth-order valence-corrected chi connectivity index (χ4v) is 1.96. The van der Waals surface area contributed by atoms with Crippen molar-refractivity contribution in [3.63, 3.8) is 0 Å². The molecule has 90 valence electrons. The quantitative estimate of drug-likeness (QED) is 0.777. The van der Waals surface area contributed by atoms with Gasteiger partial charge in [0.05, 0.1) is 16.9 Å². The number of nitrogens with one attached hydrogen (secondary N) is 1. The van der Waals surface area contributed by atoms with Crippen LogP contribution in [0.1, 0.15) is 32.4 Å². The summed E-state index contributed by atoms with van der Waals surface area (Å²) in [5, 5.41) is 8.21. The first-order chi connectivity index (χ1) is 7.66. The Bertz CT molecular complexity index is 336. The first-order valence-corrected chi connectivity index (χ1v) is 6.10. The van der Waals surface area contributed by atoms with E-state index in [0.717, 1.165) is 30.2 Å². The molecule has 0 bridgehead atoms. The topological polar surface area (TPSA) is 29.9 Å². The first kappa shape index (κ1) is 13.3. The van der Waals surface area contributed by atoms with Crippen LogP contribution in [0.25, 0.3) is 5.57 Å². The summed E-state index contributed by atoms with van der Waals surface area (Å²) < 4.78 is 1.81. The molecule has 0 radical (unpaired) electrons. The van der Waals surface area contributed by atoms with Gasteiger partial charge in [0, 0.05) is 7.05 Å². The largest absolute Gasteiger partial charge is 0.316 e. The van der Waals surface area contributed by atoms with Crippen LogP contribution >= 0.6 is 11.6 Å². The van der Waals surface area contributed by atoms with Gasteiger partial charge in [-0.05, 0) is 38.4 Å². The van der Waals surface area contributed by atoms with E-state index >= 15 is 0 Å². The summed E-state index contributed by atoms with van der Waals surface area (Å²) in [7, 11) is 1.91. The Morgan fingerprint density at radius 3 is 2.88 bits per heavy atom. The molecule has 0 saturated carbocycles. The molecular weight excluding hydrogens is 222 g/mol. The summed E-state index contributed by atoms with van der Waals surface area (Å²) in [4.78, 5) is 0. The molecule has 0 aliphatic carbocycles. The van der Waals surface area contributed by atoms with Gasteiger partial charge in [0.15, 0.2) is 0 Å². The molecular formula is C12H20ClN3. The summed E-state index contributed by atoms with van der Waals surface area (Å²) in [6, 6.07) is 0. The Labute approximate surface area is 102 Å². The molecule has 1 N–H and O–H groups in total. The van der Waals surface area contributed by atoms with Crippen molar-refractivity contribution in [3.8, 4) is 0 Å². The van der Waals surface area contributed by atoms with Gasteiger partial charge < -0.3 is 5.32 Å². The summed E-state index contributed by atoms with van der Waals surface area (Å²) in [6.45, 7) is 6.34. The van der Waals surface area contributed by atoms with Crippen LogP contribution in [0.3, 0.4) is 0 Å². The van der Waals surface area contributed by atoms with Crippen LogP contribution in [-0.4, -0.2) is 22.9 Å². The minimum Gasteiger partial charge on any atom is -0.316 e.